The van der Waals surface area contributed by atoms with Gasteiger partial charge in [-0.15, -0.1) is 0 Å². The zero-order chi connectivity index (χ0) is 21.3. The second-order valence-corrected chi connectivity index (χ2v) is 8.63. The van der Waals surface area contributed by atoms with Crippen LogP contribution >= 0.6 is 11.6 Å². The number of rotatable bonds is 6. The summed E-state index contributed by atoms with van der Waals surface area (Å²) in [6.45, 7) is 4.56. The molecule has 0 unspecified atom stereocenters. The topological polar surface area (TPSA) is 108 Å². The number of hydrogen-bond acceptors (Lipinski definition) is 6. The number of nitrogens with two attached hydrogens (primary N) is 1. The van der Waals surface area contributed by atoms with Crippen LogP contribution in [0.2, 0.25) is 5.02 Å². The fourth-order valence-electron chi connectivity index (χ4n) is 3.74. The van der Waals surface area contributed by atoms with E-state index in [1.165, 1.54) is 0 Å². The number of carbonyl (C=O) groups is 1. The molecular formula is C22H25ClN6O. The maximum Gasteiger partial charge on any atom is 0.240 e. The van der Waals surface area contributed by atoms with E-state index in [4.69, 9.17) is 22.3 Å². The average molecular weight is 425 g/mol. The van der Waals surface area contributed by atoms with Crippen molar-refractivity contribution in [1.29, 1.82) is 5.26 Å². The Morgan fingerprint density at radius 3 is 2.90 bits per heavy atom. The van der Waals surface area contributed by atoms with Crippen LogP contribution in [-0.2, 0) is 11.3 Å². The van der Waals surface area contributed by atoms with Crippen molar-refractivity contribution in [2.24, 2.45) is 17.1 Å². The maximum absolute atomic E-state index is 12.4. The molecule has 2 aliphatic rings. The van der Waals surface area contributed by atoms with E-state index in [9.17, 15) is 10.1 Å². The van der Waals surface area contributed by atoms with E-state index < -0.39 is 5.41 Å². The summed E-state index contributed by atoms with van der Waals surface area (Å²) in [5.41, 5.74) is 7.69. The highest BCUT2D eigenvalue weighted by molar-refractivity contribution is 6.31. The first-order chi connectivity index (χ1) is 14.5. The first-order valence-electron chi connectivity index (χ1n) is 10.2. The van der Waals surface area contributed by atoms with E-state index in [2.05, 4.69) is 21.3 Å². The lowest BCUT2D eigenvalue weighted by Crippen LogP contribution is -2.32. The summed E-state index contributed by atoms with van der Waals surface area (Å²) < 4.78 is 0. The minimum absolute atomic E-state index is 0.216. The summed E-state index contributed by atoms with van der Waals surface area (Å²) >= 11 is 6.29. The van der Waals surface area contributed by atoms with Gasteiger partial charge in [0.25, 0.3) is 0 Å². The predicted molar refractivity (Wildman–Crippen MR) is 116 cm³/mol. The molecule has 0 spiro atoms. The number of nitrogens with one attached hydrogen (secondary N) is 1. The monoisotopic (exact) mass is 424 g/mol. The molecule has 1 aliphatic heterocycles. The number of aromatic nitrogens is 2. The highest BCUT2D eigenvalue weighted by Crippen LogP contribution is 2.45. The van der Waals surface area contributed by atoms with Gasteiger partial charge in [-0.25, -0.2) is 9.97 Å². The Hall–Kier alpha value is -2.69. The van der Waals surface area contributed by atoms with Crippen molar-refractivity contribution in [3.05, 3.63) is 40.5 Å². The van der Waals surface area contributed by atoms with Crippen LogP contribution in [0.25, 0.3) is 11.4 Å². The standard InChI is InChI=1S/C22H25ClN6O/c1-14-2-3-16(8-18(14)23)19-26-10-17(11-27-21(30)22(13-25)5-6-22)20(28-19)29-7-4-15(9-24)12-29/h2-3,8,10,15H,4-7,9,11-12,24H2,1H3,(H,27,30)/t15-/m0/s1. The Labute approximate surface area is 181 Å². The molecule has 2 aromatic rings. The Morgan fingerprint density at radius 2 is 2.27 bits per heavy atom. The second-order valence-electron chi connectivity index (χ2n) is 8.22. The maximum atomic E-state index is 12.4. The lowest BCUT2D eigenvalue weighted by atomic mass is 10.1. The van der Waals surface area contributed by atoms with Crippen LogP contribution < -0.4 is 16.0 Å². The summed E-state index contributed by atoms with van der Waals surface area (Å²) in [5, 5.41) is 12.8. The molecule has 1 aliphatic carbocycles. The molecule has 1 saturated carbocycles. The third-order valence-corrected chi connectivity index (χ3v) is 6.44. The van der Waals surface area contributed by atoms with E-state index >= 15 is 0 Å². The summed E-state index contributed by atoms with van der Waals surface area (Å²) in [6.07, 6.45) is 4.01. The van der Waals surface area contributed by atoms with Crippen LogP contribution in [0.4, 0.5) is 5.82 Å². The van der Waals surface area contributed by atoms with Gasteiger partial charge in [0.1, 0.15) is 11.2 Å². The fourth-order valence-corrected chi connectivity index (χ4v) is 3.92. The van der Waals surface area contributed by atoms with E-state index in [1.54, 1.807) is 6.20 Å². The zero-order valence-electron chi connectivity index (χ0n) is 17.0. The first-order valence-corrected chi connectivity index (χ1v) is 10.6. The fraction of sp³-hybridized carbons (Fsp3) is 0.455. The van der Waals surface area contributed by atoms with Crippen LogP contribution in [0.15, 0.2) is 24.4 Å². The molecule has 7 nitrogen and oxygen atoms in total. The van der Waals surface area contributed by atoms with Gasteiger partial charge in [0.05, 0.1) is 6.07 Å². The molecule has 4 rings (SSSR count). The number of halogens is 1. The molecule has 0 bridgehead atoms. The van der Waals surface area contributed by atoms with Gasteiger partial charge >= 0.3 is 0 Å². The molecular weight excluding hydrogens is 400 g/mol. The lowest BCUT2D eigenvalue weighted by molar-refractivity contribution is -0.124. The molecule has 2 fully saturated rings. The summed E-state index contributed by atoms with van der Waals surface area (Å²) in [7, 11) is 0. The Morgan fingerprint density at radius 1 is 1.47 bits per heavy atom. The Bertz CT molecular complexity index is 1010. The average Bonchev–Trinajstić information content (AvgIpc) is 3.43. The number of nitrogens with zero attached hydrogens (tertiary/aromatic N) is 4. The third kappa shape index (κ3) is 3.98. The van der Waals surface area contributed by atoms with Gasteiger partial charge in [0.2, 0.25) is 5.91 Å². The first kappa shape index (κ1) is 20.6. The molecule has 156 valence electrons. The van der Waals surface area contributed by atoms with Gasteiger partial charge < -0.3 is 16.0 Å². The summed E-state index contributed by atoms with van der Waals surface area (Å²) in [5.74, 6) is 1.60. The van der Waals surface area contributed by atoms with Gasteiger partial charge in [0.15, 0.2) is 5.82 Å². The van der Waals surface area contributed by atoms with Crippen LogP contribution in [-0.4, -0.2) is 35.5 Å². The molecule has 1 aromatic heterocycles. The number of benzene rings is 1. The smallest absolute Gasteiger partial charge is 0.240 e. The minimum Gasteiger partial charge on any atom is -0.356 e. The molecule has 30 heavy (non-hydrogen) atoms. The number of nitriles is 1. The Kier molecular flexibility index (Phi) is 5.63. The van der Waals surface area contributed by atoms with E-state index in [-0.39, 0.29) is 12.5 Å². The van der Waals surface area contributed by atoms with Crippen LogP contribution in [0.5, 0.6) is 0 Å². The van der Waals surface area contributed by atoms with Gasteiger partial charge in [0, 0.05) is 42.0 Å². The van der Waals surface area contributed by atoms with Gasteiger partial charge in [-0.2, -0.15) is 5.26 Å². The van der Waals surface area contributed by atoms with Crippen molar-refractivity contribution in [3.8, 4) is 17.5 Å². The van der Waals surface area contributed by atoms with Crippen LogP contribution in [0.3, 0.4) is 0 Å². The molecule has 1 atom stereocenters. The van der Waals surface area contributed by atoms with E-state index in [0.717, 1.165) is 42.0 Å². The normalized spacial score (nSPS) is 19.4. The van der Waals surface area contributed by atoms with Crippen molar-refractivity contribution in [3.63, 3.8) is 0 Å². The lowest BCUT2D eigenvalue weighted by Gasteiger charge is -2.22. The molecule has 1 saturated heterocycles. The highest BCUT2D eigenvalue weighted by Gasteiger charge is 2.50. The number of carbonyl (C=O) groups excluding carboxylic acids is 1. The van der Waals surface area contributed by atoms with E-state index in [1.807, 2.05) is 25.1 Å². The third-order valence-electron chi connectivity index (χ3n) is 6.03. The molecule has 8 heteroatoms. The largest absolute Gasteiger partial charge is 0.356 e. The van der Waals surface area contributed by atoms with Gasteiger partial charge in [-0.3, -0.25) is 4.79 Å². The van der Waals surface area contributed by atoms with Crippen molar-refractivity contribution in [1.82, 2.24) is 15.3 Å². The van der Waals surface area contributed by atoms with Crippen molar-refractivity contribution >= 4 is 23.3 Å². The Balaban J connectivity index is 1.62. The van der Waals surface area contributed by atoms with Crippen molar-refractivity contribution in [2.75, 3.05) is 24.5 Å². The quantitative estimate of drug-likeness (QED) is 0.738. The van der Waals surface area contributed by atoms with Gasteiger partial charge in [-0.1, -0.05) is 23.7 Å². The van der Waals surface area contributed by atoms with Crippen LogP contribution in [0, 0.1) is 29.6 Å². The minimum atomic E-state index is -0.849. The van der Waals surface area contributed by atoms with Crippen molar-refractivity contribution < 1.29 is 4.79 Å². The highest BCUT2D eigenvalue weighted by atomic mass is 35.5. The molecule has 3 N–H and O–H groups in total. The second kappa shape index (κ2) is 8.21. The number of hydrogen-bond donors (Lipinski definition) is 2. The van der Waals surface area contributed by atoms with E-state index in [0.29, 0.717) is 36.2 Å². The molecule has 2 heterocycles. The number of aryl methyl sites for hydroxylation is 1. The summed E-state index contributed by atoms with van der Waals surface area (Å²) in [4.78, 5) is 24.0. The predicted octanol–water partition coefficient (Wildman–Crippen LogP) is 2.81. The summed E-state index contributed by atoms with van der Waals surface area (Å²) in [6, 6.07) is 7.91. The number of anilines is 1. The van der Waals surface area contributed by atoms with Gasteiger partial charge in [-0.05, 0) is 50.3 Å². The molecule has 1 amide bonds. The number of amides is 1. The van der Waals surface area contributed by atoms with Crippen molar-refractivity contribution in [2.45, 2.75) is 32.7 Å². The van der Waals surface area contributed by atoms with Crippen LogP contribution in [0.1, 0.15) is 30.4 Å². The molecule has 0 radical (unpaired) electrons. The SMILES string of the molecule is Cc1ccc(-c2ncc(CNC(=O)C3(C#N)CC3)c(N3CC[C@@H](CN)C3)n2)cc1Cl. The molecule has 1 aromatic carbocycles. The zero-order valence-corrected chi connectivity index (χ0v) is 17.7.